The number of hydrogen-bond donors (Lipinski definition) is 2. The Morgan fingerprint density at radius 2 is 1.51 bits per heavy atom. The number of nitrogens with zero attached hydrogens (tertiary/aromatic N) is 2. The lowest BCUT2D eigenvalue weighted by molar-refractivity contribution is 0.0695. The van der Waals surface area contributed by atoms with Crippen molar-refractivity contribution in [3.05, 3.63) is 126 Å². The minimum absolute atomic E-state index is 0.0111. The van der Waals surface area contributed by atoms with E-state index in [-0.39, 0.29) is 11.1 Å². The summed E-state index contributed by atoms with van der Waals surface area (Å²) in [5.41, 5.74) is 5.39. The van der Waals surface area contributed by atoms with Gasteiger partial charge in [-0.25, -0.2) is 9.59 Å². The molecule has 2 heterocycles. The van der Waals surface area contributed by atoms with Crippen LogP contribution in [0.25, 0.3) is 10.9 Å². The summed E-state index contributed by atoms with van der Waals surface area (Å²) in [6, 6.07) is 30.5. The second-order valence-electron chi connectivity index (χ2n) is 9.10. The Hall–Kier alpha value is -5.17. The van der Waals surface area contributed by atoms with Crippen molar-refractivity contribution < 1.29 is 24.5 Å². The van der Waals surface area contributed by atoms with Crippen molar-refractivity contribution >= 4 is 34.2 Å². The molecule has 194 valence electrons. The molecule has 7 heteroatoms. The second-order valence-corrected chi connectivity index (χ2v) is 9.10. The van der Waals surface area contributed by atoms with Crippen LogP contribution >= 0.6 is 0 Å². The van der Waals surface area contributed by atoms with Crippen molar-refractivity contribution in [3.63, 3.8) is 0 Å². The molecule has 2 N–H and O–H groups in total. The molecule has 7 nitrogen and oxygen atoms in total. The smallest absolute Gasteiger partial charge is 0.335 e. The van der Waals surface area contributed by atoms with E-state index in [1.165, 1.54) is 34.5 Å². The van der Waals surface area contributed by atoms with E-state index in [4.69, 9.17) is 14.9 Å². The van der Waals surface area contributed by atoms with Crippen LogP contribution in [-0.2, 0) is 6.42 Å². The second kappa shape index (κ2) is 11.1. The minimum atomic E-state index is -1.12. The average Bonchev–Trinajstić information content (AvgIpc) is 3.39. The Bertz CT molecular complexity index is 1650. The van der Waals surface area contributed by atoms with Crippen molar-refractivity contribution in [3.8, 4) is 11.5 Å². The van der Waals surface area contributed by atoms with Crippen molar-refractivity contribution in [2.75, 3.05) is 11.4 Å². The third-order valence-electron chi connectivity index (χ3n) is 6.54. The van der Waals surface area contributed by atoms with Gasteiger partial charge >= 0.3 is 11.9 Å². The van der Waals surface area contributed by atoms with Gasteiger partial charge in [-0.15, -0.1) is 0 Å². The summed E-state index contributed by atoms with van der Waals surface area (Å²) < 4.78 is 5.91. The number of aromatic carboxylic acids is 2. The molecule has 1 aromatic heterocycles. The highest BCUT2D eigenvalue weighted by molar-refractivity contribution is 5.97. The quantitative estimate of drug-likeness (QED) is 0.256. The molecule has 0 amide bonds. The van der Waals surface area contributed by atoms with E-state index < -0.39 is 11.9 Å². The lowest BCUT2D eigenvalue weighted by atomic mass is 10.1. The number of anilines is 2. The van der Waals surface area contributed by atoms with E-state index in [0.717, 1.165) is 36.0 Å². The first kappa shape index (κ1) is 25.5. The Balaban J connectivity index is 0.000000201. The molecule has 1 aliphatic rings. The zero-order valence-electron chi connectivity index (χ0n) is 21.2. The van der Waals surface area contributed by atoms with Crippen LogP contribution < -0.4 is 9.64 Å². The summed E-state index contributed by atoms with van der Waals surface area (Å²) in [6.07, 6.45) is 3.04. The number of carboxylic acid groups (broad SMARTS) is 2. The molecule has 0 radical (unpaired) electrons. The fraction of sp³-hybridized carbons (Fsp3) is 0.0938. The number of hydrogen-bond acceptors (Lipinski definition) is 5. The maximum Gasteiger partial charge on any atom is 0.335 e. The molecule has 4 aromatic carbocycles. The normalized spacial score (nSPS) is 11.9. The Morgan fingerprint density at radius 3 is 2.23 bits per heavy atom. The highest BCUT2D eigenvalue weighted by atomic mass is 16.5. The summed E-state index contributed by atoms with van der Waals surface area (Å²) in [5, 5.41) is 18.5. The molecule has 0 saturated carbocycles. The molecule has 1 aliphatic heterocycles. The van der Waals surface area contributed by atoms with E-state index in [9.17, 15) is 9.59 Å². The third kappa shape index (κ3) is 5.57. The van der Waals surface area contributed by atoms with Gasteiger partial charge in [0.15, 0.2) is 0 Å². The highest BCUT2D eigenvalue weighted by Crippen LogP contribution is 2.39. The number of aryl methyl sites for hydroxylation is 1. The first-order valence-corrected chi connectivity index (χ1v) is 12.4. The standard InChI is InChI=1S/C23H18N2O.C9H8O4/c1-2-6-19(7-3-1)26-20-12-10-18(11-13-20)25-15-14-17-16-24-22-9-5-4-8-21(22)23(17)25;1-5-2-3-6(8(10)11)4-7(5)9(12)13/h1-13,16H,14-15H2;2-4H,1H3,(H,10,11)(H,12,13). The van der Waals surface area contributed by atoms with Crippen molar-refractivity contribution in [1.29, 1.82) is 0 Å². The van der Waals surface area contributed by atoms with Crippen LogP contribution in [0.3, 0.4) is 0 Å². The van der Waals surface area contributed by atoms with Gasteiger partial charge in [-0.2, -0.15) is 0 Å². The van der Waals surface area contributed by atoms with Crippen molar-refractivity contribution in [2.24, 2.45) is 0 Å². The number of benzene rings is 4. The summed E-state index contributed by atoms with van der Waals surface area (Å²) in [6.45, 7) is 2.60. The molecular formula is C32H26N2O5. The van der Waals surface area contributed by atoms with Gasteiger partial charge in [-0.3, -0.25) is 4.98 Å². The van der Waals surface area contributed by atoms with Gasteiger partial charge in [0, 0.05) is 23.8 Å². The number of para-hydroxylation sites is 2. The Kier molecular flexibility index (Phi) is 7.23. The van der Waals surface area contributed by atoms with E-state index in [0.29, 0.717) is 5.56 Å². The number of carboxylic acids is 2. The molecule has 0 unspecified atom stereocenters. The summed E-state index contributed by atoms with van der Waals surface area (Å²) >= 11 is 0. The summed E-state index contributed by atoms with van der Waals surface area (Å²) in [7, 11) is 0. The van der Waals surface area contributed by atoms with Crippen LogP contribution in [0, 0.1) is 6.92 Å². The highest BCUT2D eigenvalue weighted by Gasteiger charge is 2.23. The maximum absolute atomic E-state index is 10.6. The molecule has 0 saturated heterocycles. The predicted octanol–water partition coefficient (Wildman–Crippen LogP) is 7.11. The zero-order valence-corrected chi connectivity index (χ0v) is 21.2. The van der Waals surface area contributed by atoms with E-state index in [1.54, 1.807) is 6.92 Å². The van der Waals surface area contributed by atoms with Gasteiger partial charge in [0.2, 0.25) is 0 Å². The van der Waals surface area contributed by atoms with Crippen LogP contribution in [0.1, 0.15) is 31.8 Å². The number of carbonyl (C=O) groups is 2. The minimum Gasteiger partial charge on any atom is -0.478 e. The SMILES string of the molecule is Cc1ccc(C(=O)O)cc1C(=O)O.c1ccc(Oc2ccc(N3CCc4cnc5ccccc5c43)cc2)cc1. The van der Waals surface area contributed by atoms with Gasteiger partial charge in [-0.05, 0) is 79.1 Å². The lowest BCUT2D eigenvalue weighted by Gasteiger charge is -2.21. The largest absolute Gasteiger partial charge is 0.478 e. The molecule has 6 rings (SSSR count). The van der Waals surface area contributed by atoms with E-state index in [2.05, 4.69) is 40.2 Å². The topological polar surface area (TPSA) is 100.0 Å². The molecule has 0 spiro atoms. The number of ether oxygens (including phenoxy) is 1. The van der Waals surface area contributed by atoms with E-state index in [1.807, 2.05) is 54.7 Å². The average molecular weight is 519 g/mol. The van der Waals surface area contributed by atoms with Crippen LogP contribution in [0.4, 0.5) is 11.4 Å². The Morgan fingerprint density at radius 1 is 0.821 bits per heavy atom. The fourth-order valence-electron chi connectivity index (χ4n) is 4.58. The van der Waals surface area contributed by atoms with Crippen LogP contribution in [0.2, 0.25) is 0 Å². The Labute approximate surface area is 225 Å². The van der Waals surface area contributed by atoms with Gasteiger partial charge in [0.1, 0.15) is 11.5 Å². The summed E-state index contributed by atoms with van der Waals surface area (Å²) in [4.78, 5) is 28.1. The molecule has 39 heavy (non-hydrogen) atoms. The van der Waals surface area contributed by atoms with Gasteiger partial charge in [0.25, 0.3) is 0 Å². The van der Waals surface area contributed by atoms with Gasteiger partial charge in [0.05, 0.1) is 22.3 Å². The maximum atomic E-state index is 10.6. The molecule has 0 atom stereocenters. The number of aromatic nitrogens is 1. The van der Waals surface area contributed by atoms with E-state index >= 15 is 0 Å². The molecule has 0 aliphatic carbocycles. The number of pyridine rings is 1. The first-order chi connectivity index (χ1) is 18.9. The molecular weight excluding hydrogens is 492 g/mol. The van der Waals surface area contributed by atoms with Gasteiger partial charge < -0.3 is 19.8 Å². The summed E-state index contributed by atoms with van der Waals surface area (Å²) in [5.74, 6) is -0.536. The fourth-order valence-corrected chi connectivity index (χ4v) is 4.58. The number of fused-ring (bicyclic) bond motifs is 3. The number of rotatable bonds is 5. The van der Waals surface area contributed by atoms with Gasteiger partial charge in [-0.1, -0.05) is 42.5 Å². The molecule has 0 fully saturated rings. The van der Waals surface area contributed by atoms with Crippen molar-refractivity contribution in [2.45, 2.75) is 13.3 Å². The lowest BCUT2D eigenvalue weighted by Crippen LogP contribution is -2.13. The monoisotopic (exact) mass is 518 g/mol. The molecule has 0 bridgehead atoms. The third-order valence-corrected chi connectivity index (χ3v) is 6.54. The van der Waals surface area contributed by atoms with Crippen molar-refractivity contribution in [1.82, 2.24) is 4.98 Å². The van der Waals surface area contributed by atoms with Crippen LogP contribution in [0.5, 0.6) is 11.5 Å². The predicted molar refractivity (Wildman–Crippen MR) is 151 cm³/mol. The zero-order chi connectivity index (χ0) is 27.4. The first-order valence-electron chi connectivity index (χ1n) is 12.4. The van der Waals surface area contributed by atoms with Crippen LogP contribution in [-0.4, -0.2) is 33.7 Å². The molecule has 5 aromatic rings. The van der Waals surface area contributed by atoms with Crippen LogP contribution in [0.15, 0.2) is 103 Å².